The van der Waals surface area contributed by atoms with Crippen molar-refractivity contribution in [3.05, 3.63) is 77.9 Å². The van der Waals surface area contributed by atoms with Gasteiger partial charge in [-0.15, -0.1) is 10.2 Å². The standard InChI is InChI=1S/C29H28N4O5S/c1-34-27(35-2)16-31-15-23-17-36-25-12-11-21(13-26(25)37-23)28-32-33-29(38-28)39-18-19-7-9-20(10-8-19)24-6-4-3-5-22(24)14-30/h3-13,23,27,31H,15-18H2,1-2H3/t23-/m1/s1. The van der Waals surface area contributed by atoms with Crippen LogP contribution in [0.25, 0.3) is 22.6 Å². The Labute approximate surface area is 231 Å². The van der Waals surface area contributed by atoms with Crippen LogP contribution in [0, 0.1) is 11.3 Å². The van der Waals surface area contributed by atoms with E-state index in [1.165, 1.54) is 11.8 Å². The quantitative estimate of drug-likeness (QED) is 0.206. The van der Waals surface area contributed by atoms with E-state index in [1.54, 1.807) is 14.2 Å². The van der Waals surface area contributed by atoms with Gasteiger partial charge in [0, 0.05) is 38.6 Å². The molecule has 200 valence electrons. The highest BCUT2D eigenvalue weighted by atomic mass is 32.2. The van der Waals surface area contributed by atoms with E-state index in [4.69, 9.17) is 23.4 Å². The first-order valence-corrected chi connectivity index (χ1v) is 13.4. The van der Waals surface area contributed by atoms with Gasteiger partial charge >= 0.3 is 0 Å². The first-order valence-electron chi connectivity index (χ1n) is 12.4. The molecule has 5 rings (SSSR count). The Hall–Kier alpha value is -3.88. The molecule has 0 spiro atoms. The van der Waals surface area contributed by atoms with Gasteiger partial charge in [0.2, 0.25) is 5.89 Å². The molecule has 10 heteroatoms. The summed E-state index contributed by atoms with van der Waals surface area (Å²) in [7, 11) is 3.20. The van der Waals surface area contributed by atoms with Crippen molar-refractivity contribution in [3.8, 4) is 40.1 Å². The highest BCUT2D eigenvalue weighted by Gasteiger charge is 2.23. The summed E-state index contributed by atoms with van der Waals surface area (Å²) in [6, 6.07) is 23.6. The highest BCUT2D eigenvalue weighted by Crippen LogP contribution is 2.36. The Morgan fingerprint density at radius 2 is 1.82 bits per heavy atom. The molecule has 1 aliphatic rings. The smallest absolute Gasteiger partial charge is 0.277 e. The molecule has 0 aliphatic carbocycles. The SMILES string of the molecule is COC(CNC[C@@H]1COc2ccc(-c3nnc(SCc4ccc(-c5ccccc5C#N)cc4)o3)cc2O1)OC. The molecule has 0 saturated carbocycles. The molecule has 0 fully saturated rings. The van der Waals surface area contributed by atoms with Crippen molar-refractivity contribution >= 4 is 11.8 Å². The number of fused-ring (bicyclic) bond motifs is 1. The van der Waals surface area contributed by atoms with Crippen molar-refractivity contribution in [2.75, 3.05) is 33.9 Å². The summed E-state index contributed by atoms with van der Waals surface area (Å²) in [4.78, 5) is 0. The van der Waals surface area contributed by atoms with Crippen molar-refractivity contribution in [1.29, 1.82) is 5.26 Å². The van der Waals surface area contributed by atoms with Gasteiger partial charge in [-0.3, -0.25) is 0 Å². The Kier molecular flexibility index (Phi) is 8.75. The number of nitrogens with one attached hydrogen (secondary N) is 1. The van der Waals surface area contributed by atoms with E-state index in [2.05, 4.69) is 21.6 Å². The lowest BCUT2D eigenvalue weighted by Crippen LogP contribution is -2.41. The van der Waals surface area contributed by atoms with Gasteiger partial charge in [0.25, 0.3) is 5.22 Å². The molecule has 0 amide bonds. The maximum absolute atomic E-state index is 9.36. The van der Waals surface area contributed by atoms with E-state index in [-0.39, 0.29) is 12.4 Å². The summed E-state index contributed by atoms with van der Waals surface area (Å²) in [5.74, 6) is 2.39. The molecule has 9 nitrogen and oxygen atoms in total. The molecule has 1 aromatic heterocycles. The molecule has 2 heterocycles. The zero-order valence-corrected chi connectivity index (χ0v) is 22.4. The topological polar surface area (TPSA) is 112 Å². The van der Waals surface area contributed by atoms with Crippen LogP contribution in [0.15, 0.2) is 76.4 Å². The van der Waals surface area contributed by atoms with Gasteiger partial charge < -0.3 is 28.7 Å². The van der Waals surface area contributed by atoms with E-state index in [9.17, 15) is 5.26 Å². The van der Waals surface area contributed by atoms with E-state index >= 15 is 0 Å². The average Bonchev–Trinajstić information content (AvgIpc) is 3.47. The van der Waals surface area contributed by atoms with Crippen LogP contribution in [0.4, 0.5) is 0 Å². The third-order valence-electron chi connectivity index (χ3n) is 6.20. The second kappa shape index (κ2) is 12.8. The molecule has 0 saturated heterocycles. The second-order valence-corrected chi connectivity index (χ2v) is 9.71. The molecule has 0 bridgehead atoms. The molecule has 1 N–H and O–H groups in total. The summed E-state index contributed by atoms with van der Waals surface area (Å²) in [6.45, 7) is 1.57. The van der Waals surface area contributed by atoms with Gasteiger partial charge in [-0.1, -0.05) is 54.2 Å². The average molecular weight is 545 g/mol. The summed E-state index contributed by atoms with van der Waals surface area (Å²) >= 11 is 1.47. The number of rotatable bonds is 11. The van der Waals surface area contributed by atoms with Crippen molar-refractivity contribution < 1.29 is 23.4 Å². The van der Waals surface area contributed by atoms with Gasteiger partial charge in [0.15, 0.2) is 17.8 Å². The van der Waals surface area contributed by atoms with Gasteiger partial charge in [-0.25, -0.2) is 0 Å². The lowest BCUT2D eigenvalue weighted by Gasteiger charge is -2.27. The third kappa shape index (κ3) is 6.58. The van der Waals surface area contributed by atoms with E-state index < -0.39 is 0 Å². The minimum Gasteiger partial charge on any atom is -0.486 e. The van der Waals surface area contributed by atoms with Gasteiger partial charge in [0.05, 0.1) is 11.6 Å². The minimum absolute atomic E-state index is 0.157. The predicted octanol–water partition coefficient (Wildman–Crippen LogP) is 4.92. The third-order valence-corrected chi connectivity index (χ3v) is 7.09. The first-order chi connectivity index (χ1) is 19.2. The zero-order valence-electron chi connectivity index (χ0n) is 21.6. The Morgan fingerprint density at radius 1 is 1.03 bits per heavy atom. The Morgan fingerprint density at radius 3 is 2.62 bits per heavy atom. The van der Waals surface area contributed by atoms with Crippen molar-refractivity contribution in [2.24, 2.45) is 0 Å². The van der Waals surface area contributed by atoms with Crippen molar-refractivity contribution in [1.82, 2.24) is 15.5 Å². The molecule has 3 aromatic carbocycles. The van der Waals surface area contributed by atoms with E-state index in [0.717, 1.165) is 22.3 Å². The van der Waals surface area contributed by atoms with Crippen LogP contribution in [0.3, 0.4) is 0 Å². The summed E-state index contributed by atoms with van der Waals surface area (Å²) < 4.78 is 28.3. The van der Waals surface area contributed by atoms with Gasteiger partial charge in [-0.05, 0) is 41.0 Å². The lowest BCUT2D eigenvalue weighted by atomic mass is 10.00. The molecule has 0 unspecified atom stereocenters. The van der Waals surface area contributed by atoms with Crippen LogP contribution >= 0.6 is 11.8 Å². The second-order valence-electron chi connectivity index (χ2n) is 8.79. The number of ether oxygens (including phenoxy) is 4. The number of benzene rings is 3. The maximum atomic E-state index is 9.36. The fourth-order valence-electron chi connectivity index (χ4n) is 4.12. The van der Waals surface area contributed by atoms with Crippen molar-refractivity contribution in [2.45, 2.75) is 23.4 Å². The molecular formula is C29H28N4O5S. The monoisotopic (exact) mass is 544 g/mol. The van der Waals surface area contributed by atoms with Crippen LogP contribution in [-0.4, -0.2) is 56.5 Å². The minimum atomic E-state index is -0.315. The van der Waals surface area contributed by atoms with Crippen molar-refractivity contribution in [3.63, 3.8) is 0 Å². The zero-order chi connectivity index (χ0) is 27.0. The van der Waals surface area contributed by atoms with Gasteiger partial charge in [0.1, 0.15) is 12.7 Å². The number of thioether (sulfide) groups is 1. The molecule has 39 heavy (non-hydrogen) atoms. The fraction of sp³-hybridized carbons (Fsp3) is 0.276. The van der Waals surface area contributed by atoms with E-state index in [0.29, 0.717) is 53.6 Å². The van der Waals surface area contributed by atoms with Crippen LogP contribution in [-0.2, 0) is 15.2 Å². The number of hydrogen-bond acceptors (Lipinski definition) is 10. The number of aromatic nitrogens is 2. The Bertz CT molecular complexity index is 1430. The summed E-state index contributed by atoms with van der Waals surface area (Å²) in [6.07, 6.45) is -0.472. The highest BCUT2D eigenvalue weighted by molar-refractivity contribution is 7.98. The normalized spacial score (nSPS) is 14.4. The van der Waals surface area contributed by atoms with Crippen LogP contribution < -0.4 is 14.8 Å². The summed E-state index contributed by atoms with van der Waals surface area (Å²) in [5, 5.41) is 21.5. The fourth-order valence-corrected chi connectivity index (χ4v) is 4.84. The van der Waals surface area contributed by atoms with Crippen LogP contribution in [0.2, 0.25) is 0 Å². The first kappa shape index (κ1) is 26.7. The number of hydrogen-bond donors (Lipinski definition) is 1. The van der Waals surface area contributed by atoms with Gasteiger partial charge in [-0.2, -0.15) is 5.26 Å². The van der Waals surface area contributed by atoms with E-state index in [1.807, 2.05) is 66.7 Å². The number of nitrogens with zero attached hydrogens (tertiary/aromatic N) is 3. The van der Waals surface area contributed by atoms with Crippen LogP contribution in [0.1, 0.15) is 11.1 Å². The predicted molar refractivity (Wildman–Crippen MR) is 146 cm³/mol. The number of nitriles is 1. The van der Waals surface area contributed by atoms with Crippen LogP contribution in [0.5, 0.6) is 11.5 Å². The maximum Gasteiger partial charge on any atom is 0.277 e. The molecule has 1 aliphatic heterocycles. The molecular weight excluding hydrogens is 516 g/mol. The molecule has 4 aromatic rings. The molecule has 1 atom stereocenters. The molecule has 0 radical (unpaired) electrons. The Balaban J connectivity index is 1.18. The number of methoxy groups -OCH3 is 2. The lowest BCUT2D eigenvalue weighted by molar-refractivity contribution is -0.0995. The summed E-state index contributed by atoms with van der Waals surface area (Å²) in [5.41, 5.74) is 4.45. The largest absolute Gasteiger partial charge is 0.486 e.